The van der Waals surface area contributed by atoms with Crippen LogP contribution in [0.3, 0.4) is 0 Å². The molecule has 0 spiro atoms. The van der Waals surface area contributed by atoms with E-state index in [2.05, 4.69) is 24.8 Å². The highest BCUT2D eigenvalue weighted by molar-refractivity contribution is 6.36. The number of likely N-dealkylation sites (tertiary alicyclic amines) is 1. The van der Waals surface area contributed by atoms with Crippen LogP contribution in [0.15, 0.2) is 48.8 Å². The van der Waals surface area contributed by atoms with Crippen LogP contribution in [-0.4, -0.2) is 98.2 Å². The normalized spacial score (nSPS) is 21.7. The predicted octanol–water partition coefficient (Wildman–Crippen LogP) is 6.50. The molecule has 14 heteroatoms. The highest BCUT2D eigenvalue weighted by atomic mass is 35.5. The van der Waals surface area contributed by atoms with Crippen molar-refractivity contribution in [2.75, 3.05) is 44.7 Å². The Balaban J connectivity index is 1.11. The fourth-order valence-corrected chi connectivity index (χ4v) is 8.49. The summed E-state index contributed by atoms with van der Waals surface area (Å²) in [5, 5.41) is 2.38. The second-order valence-electron chi connectivity index (χ2n) is 14.1. The summed E-state index contributed by atoms with van der Waals surface area (Å²) < 4.78 is 51.9. The highest BCUT2D eigenvalue weighted by Gasteiger charge is 2.49. The van der Waals surface area contributed by atoms with E-state index in [1.54, 1.807) is 30.2 Å². The number of aryl methyl sites for hydroxylation is 2. The molecule has 3 atom stereocenters. The van der Waals surface area contributed by atoms with Crippen molar-refractivity contribution in [3.63, 3.8) is 0 Å². The summed E-state index contributed by atoms with van der Waals surface area (Å²) in [4.78, 5) is 41.1. The molecule has 3 saturated heterocycles. The summed E-state index contributed by atoms with van der Waals surface area (Å²) >= 11 is 6.62. The maximum atomic E-state index is 16.9. The number of carbonyl (C=O) groups excluding carboxylic acids is 1. The molecule has 3 aliphatic heterocycles. The van der Waals surface area contributed by atoms with E-state index in [9.17, 15) is 13.6 Å². The van der Waals surface area contributed by atoms with Gasteiger partial charge in [-0.05, 0) is 44.2 Å². The minimum atomic E-state index is -0.932. The first kappa shape index (κ1) is 34.5. The van der Waals surface area contributed by atoms with Gasteiger partial charge >= 0.3 is 6.01 Å². The van der Waals surface area contributed by atoms with E-state index in [1.165, 1.54) is 0 Å². The minimum Gasteiger partial charge on any atom is -0.461 e. The number of rotatable bonds is 9. The first-order valence-electron chi connectivity index (χ1n) is 17.6. The van der Waals surface area contributed by atoms with Crippen molar-refractivity contribution >= 4 is 45.0 Å². The first-order chi connectivity index (χ1) is 25.1. The number of hydrogen-bond donors (Lipinski definition) is 0. The molecular formula is C38H38ClF3N8O2. The van der Waals surface area contributed by atoms with Crippen LogP contribution in [0.2, 0.25) is 5.02 Å². The third-order valence-corrected chi connectivity index (χ3v) is 11.2. The Labute approximate surface area is 304 Å². The molecule has 52 heavy (non-hydrogen) atoms. The summed E-state index contributed by atoms with van der Waals surface area (Å²) in [7, 11) is 1.85. The van der Waals surface area contributed by atoms with Crippen LogP contribution in [0.1, 0.15) is 43.6 Å². The number of amides is 1. The average Bonchev–Trinajstić information content (AvgIpc) is 3.86. The molecule has 0 saturated carbocycles. The maximum Gasteiger partial charge on any atom is 0.319 e. The van der Waals surface area contributed by atoms with Gasteiger partial charge in [0.15, 0.2) is 11.6 Å². The molecule has 0 aliphatic carbocycles. The number of benzene rings is 2. The number of nitrogens with zero attached hydrogens (tertiary/aromatic N) is 8. The van der Waals surface area contributed by atoms with Gasteiger partial charge in [0.1, 0.15) is 35.6 Å². The van der Waals surface area contributed by atoms with Crippen LogP contribution in [0, 0.1) is 18.6 Å². The van der Waals surface area contributed by atoms with Gasteiger partial charge in [0.2, 0.25) is 5.91 Å². The van der Waals surface area contributed by atoms with Gasteiger partial charge in [0, 0.05) is 74.2 Å². The summed E-state index contributed by atoms with van der Waals surface area (Å²) in [5.41, 5.74) is 0.415. The Kier molecular flexibility index (Phi) is 9.11. The number of likely N-dealkylation sites (N-methyl/N-ethyl adjacent to an activating group) is 1. The molecule has 0 bridgehead atoms. The standard InChI is InChI=1S/C38H38ClF3N8O2/c1-22-43-18-29(41)30(45-22)10-11-31(51)49-15-12-25(20-49)48(2)36-27-17-44-34(26-8-3-6-23-7-4-9-28(39)32(23)26)33(42)35(27)46-37(47-36)52-21-38-13-5-14-50(38)19-24(40)16-38/h3-4,6-9,17-18,24-25H,5,10-16,19-21H2,1-2H3/t24-,25-,38+/m1/s1. The molecule has 6 heterocycles. The Morgan fingerprint density at radius 2 is 1.90 bits per heavy atom. The molecule has 3 aliphatic rings. The van der Waals surface area contributed by atoms with E-state index in [0.717, 1.165) is 31.0 Å². The number of pyridine rings is 1. The van der Waals surface area contributed by atoms with E-state index in [-0.39, 0.29) is 54.3 Å². The van der Waals surface area contributed by atoms with Crippen LogP contribution in [0.5, 0.6) is 6.01 Å². The summed E-state index contributed by atoms with van der Waals surface area (Å²) in [5.74, 6) is -0.440. The molecule has 8 rings (SSSR count). The minimum absolute atomic E-state index is 0.0158. The molecule has 2 aromatic carbocycles. The van der Waals surface area contributed by atoms with Crippen molar-refractivity contribution in [2.24, 2.45) is 0 Å². The van der Waals surface area contributed by atoms with Gasteiger partial charge in [-0.1, -0.05) is 41.9 Å². The van der Waals surface area contributed by atoms with Crippen molar-refractivity contribution < 1.29 is 22.7 Å². The highest BCUT2D eigenvalue weighted by Crippen LogP contribution is 2.41. The number of carbonyl (C=O) groups is 1. The van der Waals surface area contributed by atoms with Crippen molar-refractivity contribution in [2.45, 2.75) is 63.2 Å². The smallest absolute Gasteiger partial charge is 0.319 e. The lowest BCUT2D eigenvalue weighted by Gasteiger charge is -2.31. The number of anilines is 1. The van der Waals surface area contributed by atoms with E-state index in [0.29, 0.717) is 65.5 Å². The number of hydrogen-bond acceptors (Lipinski definition) is 9. The molecule has 10 nitrogen and oxygen atoms in total. The number of alkyl halides is 1. The molecule has 0 radical (unpaired) electrons. The van der Waals surface area contributed by atoms with Crippen molar-refractivity contribution in [3.8, 4) is 17.3 Å². The number of halogens is 4. The molecule has 0 N–H and O–H groups in total. The second-order valence-corrected chi connectivity index (χ2v) is 14.5. The maximum absolute atomic E-state index is 16.9. The van der Waals surface area contributed by atoms with Gasteiger partial charge in [-0.2, -0.15) is 9.97 Å². The molecule has 5 aromatic rings. The van der Waals surface area contributed by atoms with Gasteiger partial charge in [-0.3, -0.25) is 14.7 Å². The lowest BCUT2D eigenvalue weighted by molar-refractivity contribution is -0.130. The van der Waals surface area contributed by atoms with E-state index >= 15 is 4.39 Å². The van der Waals surface area contributed by atoms with Gasteiger partial charge in [-0.15, -0.1) is 0 Å². The Morgan fingerprint density at radius 1 is 1.08 bits per heavy atom. The molecule has 0 unspecified atom stereocenters. The fraction of sp³-hybridized carbons (Fsp3) is 0.421. The Bertz CT molecular complexity index is 2190. The van der Waals surface area contributed by atoms with Crippen LogP contribution < -0.4 is 9.64 Å². The topological polar surface area (TPSA) is 100 Å². The Hall–Kier alpha value is -4.62. The van der Waals surface area contributed by atoms with Crippen LogP contribution in [0.25, 0.3) is 32.9 Å². The van der Waals surface area contributed by atoms with Crippen LogP contribution in [0.4, 0.5) is 19.0 Å². The monoisotopic (exact) mass is 730 g/mol. The summed E-state index contributed by atoms with van der Waals surface area (Å²) in [6.45, 7) is 3.92. The van der Waals surface area contributed by atoms with Gasteiger partial charge < -0.3 is 14.5 Å². The van der Waals surface area contributed by atoms with Crippen molar-refractivity contribution in [1.29, 1.82) is 0 Å². The van der Waals surface area contributed by atoms with Crippen LogP contribution >= 0.6 is 11.6 Å². The zero-order valence-corrected chi connectivity index (χ0v) is 29.7. The summed E-state index contributed by atoms with van der Waals surface area (Å²) in [6, 6.07) is 10.8. The molecule has 3 aromatic heterocycles. The van der Waals surface area contributed by atoms with E-state index < -0.39 is 23.3 Å². The largest absolute Gasteiger partial charge is 0.461 e. The molecule has 3 fully saturated rings. The van der Waals surface area contributed by atoms with E-state index in [4.69, 9.17) is 21.3 Å². The zero-order valence-electron chi connectivity index (χ0n) is 29.0. The van der Waals surface area contributed by atoms with E-state index in [1.807, 2.05) is 36.2 Å². The third-order valence-electron chi connectivity index (χ3n) is 10.9. The zero-order chi connectivity index (χ0) is 36.1. The quantitative estimate of drug-likeness (QED) is 0.168. The fourth-order valence-electron chi connectivity index (χ4n) is 8.20. The Morgan fingerprint density at radius 3 is 2.75 bits per heavy atom. The van der Waals surface area contributed by atoms with Crippen molar-refractivity contribution in [3.05, 3.63) is 77.0 Å². The molecule has 1 amide bonds. The lowest BCUT2D eigenvalue weighted by Crippen LogP contribution is -2.43. The van der Waals surface area contributed by atoms with Gasteiger partial charge in [0.25, 0.3) is 0 Å². The van der Waals surface area contributed by atoms with Crippen LogP contribution in [-0.2, 0) is 11.2 Å². The first-order valence-corrected chi connectivity index (χ1v) is 18.0. The molecular weight excluding hydrogens is 693 g/mol. The SMILES string of the molecule is Cc1ncc(F)c(CCC(=O)N2CC[C@@H](N(C)c3nc(OC[C@@]45CCCN4C[C@H](F)C5)nc4c(F)c(-c5cccc6cccc(Cl)c56)ncc34)C2)n1. The van der Waals surface area contributed by atoms with Gasteiger partial charge in [0.05, 0.1) is 22.8 Å². The second kappa shape index (κ2) is 13.7. The number of aromatic nitrogens is 5. The molecule has 270 valence electrons. The van der Waals surface area contributed by atoms with Crippen molar-refractivity contribution in [1.82, 2.24) is 34.7 Å². The predicted molar refractivity (Wildman–Crippen MR) is 192 cm³/mol. The third kappa shape index (κ3) is 6.27. The summed E-state index contributed by atoms with van der Waals surface area (Å²) in [6.07, 6.45) is 4.77. The number of ether oxygens (including phenoxy) is 1. The number of fused-ring (bicyclic) bond motifs is 3. The lowest BCUT2D eigenvalue weighted by atomic mass is 9.95. The van der Waals surface area contributed by atoms with Gasteiger partial charge in [-0.25, -0.2) is 23.1 Å². The average molecular weight is 731 g/mol.